The van der Waals surface area contributed by atoms with Crippen LogP contribution in [0.1, 0.15) is 25.7 Å². The van der Waals surface area contributed by atoms with E-state index < -0.39 is 0 Å². The van der Waals surface area contributed by atoms with Gasteiger partial charge in [-0.05, 0) is 31.1 Å². The molecule has 0 unspecified atom stereocenters. The molecule has 0 aromatic carbocycles. The number of hydrogen-bond acceptors (Lipinski definition) is 2. The van der Waals surface area contributed by atoms with Gasteiger partial charge in [-0.25, -0.2) is 0 Å². The highest BCUT2D eigenvalue weighted by Crippen LogP contribution is 2.58. The Bertz CT molecular complexity index is 162. The van der Waals surface area contributed by atoms with Gasteiger partial charge >= 0.3 is 0 Å². The SMILES string of the molecule is COC1CC2(CC(C=O)C2)C1. The van der Waals surface area contributed by atoms with E-state index in [1.54, 1.807) is 7.11 Å². The van der Waals surface area contributed by atoms with Crippen molar-refractivity contribution in [3.05, 3.63) is 0 Å². The Kier molecular flexibility index (Phi) is 1.53. The second-order valence-electron chi connectivity index (χ2n) is 4.07. The number of carbonyl (C=O) groups is 1. The summed E-state index contributed by atoms with van der Waals surface area (Å²) in [7, 11) is 1.77. The maximum atomic E-state index is 10.3. The van der Waals surface area contributed by atoms with Crippen LogP contribution >= 0.6 is 0 Å². The van der Waals surface area contributed by atoms with Gasteiger partial charge in [0.1, 0.15) is 6.29 Å². The highest BCUT2D eigenvalue weighted by molar-refractivity contribution is 5.56. The molecular formula is C9H14O2. The van der Waals surface area contributed by atoms with Crippen LogP contribution in [0.5, 0.6) is 0 Å². The van der Waals surface area contributed by atoms with Crippen molar-refractivity contribution in [2.45, 2.75) is 31.8 Å². The average Bonchev–Trinajstić information content (AvgIpc) is 1.83. The topological polar surface area (TPSA) is 26.3 Å². The lowest BCUT2D eigenvalue weighted by Crippen LogP contribution is -2.50. The van der Waals surface area contributed by atoms with Crippen molar-refractivity contribution < 1.29 is 9.53 Å². The van der Waals surface area contributed by atoms with Crippen LogP contribution in [0.4, 0.5) is 0 Å². The first-order valence-electron chi connectivity index (χ1n) is 4.26. The first kappa shape index (κ1) is 7.29. The van der Waals surface area contributed by atoms with Crippen LogP contribution in [-0.2, 0) is 9.53 Å². The van der Waals surface area contributed by atoms with Crippen molar-refractivity contribution in [3.63, 3.8) is 0 Å². The summed E-state index contributed by atoms with van der Waals surface area (Å²) in [4.78, 5) is 10.3. The molecule has 2 nitrogen and oxygen atoms in total. The minimum absolute atomic E-state index is 0.368. The molecule has 0 aromatic heterocycles. The summed E-state index contributed by atoms with van der Waals surface area (Å²) in [6, 6.07) is 0. The van der Waals surface area contributed by atoms with E-state index in [1.165, 1.54) is 12.8 Å². The van der Waals surface area contributed by atoms with Crippen molar-refractivity contribution in [2.24, 2.45) is 11.3 Å². The largest absolute Gasteiger partial charge is 0.381 e. The van der Waals surface area contributed by atoms with Crippen LogP contribution in [0.3, 0.4) is 0 Å². The van der Waals surface area contributed by atoms with Crippen molar-refractivity contribution in [1.29, 1.82) is 0 Å². The molecule has 62 valence electrons. The third-order valence-corrected chi connectivity index (χ3v) is 3.24. The first-order valence-corrected chi connectivity index (χ1v) is 4.26. The Morgan fingerprint density at radius 1 is 1.36 bits per heavy atom. The molecule has 2 heteroatoms. The summed E-state index contributed by atoms with van der Waals surface area (Å²) in [6.45, 7) is 0. The summed E-state index contributed by atoms with van der Waals surface area (Å²) in [5.74, 6) is 0.368. The van der Waals surface area contributed by atoms with Gasteiger partial charge < -0.3 is 9.53 Å². The van der Waals surface area contributed by atoms with Crippen molar-refractivity contribution in [3.8, 4) is 0 Å². The van der Waals surface area contributed by atoms with Crippen LogP contribution in [-0.4, -0.2) is 19.5 Å². The quantitative estimate of drug-likeness (QED) is 0.562. The van der Waals surface area contributed by atoms with Crippen molar-refractivity contribution in [1.82, 2.24) is 0 Å². The molecule has 0 radical (unpaired) electrons. The van der Waals surface area contributed by atoms with Gasteiger partial charge in [-0.15, -0.1) is 0 Å². The van der Waals surface area contributed by atoms with E-state index >= 15 is 0 Å². The van der Waals surface area contributed by atoms with E-state index in [1.807, 2.05) is 0 Å². The van der Waals surface area contributed by atoms with Gasteiger partial charge in [0, 0.05) is 13.0 Å². The molecule has 11 heavy (non-hydrogen) atoms. The van der Waals surface area contributed by atoms with Crippen LogP contribution in [0.25, 0.3) is 0 Å². The molecule has 0 saturated heterocycles. The molecular weight excluding hydrogens is 140 g/mol. The van der Waals surface area contributed by atoms with E-state index in [0.29, 0.717) is 17.4 Å². The van der Waals surface area contributed by atoms with Crippen molar-refractivity contribution >= 4 is 6.29 Å². The molecule has 2 saturated carbocycles. The lowest BCUT2D eigenvalue weighted by Gasteiger charge is -2.56. The normalized spacial score (nSPS) is 48.1. The van der Waals surface area contributed by atoms with Gasteiger partial charge in [0.15, 0.2) is 0 Å². The number of aldehydes is 1. The van der Waals surface area contributed by atoms with Gasteiger partial charge in [-0.1, -0.05) is 0 Å². The second-order valence-corrected chi connectivity index (χ2v) is 4.07. The van der Waals surface area contributed by atoms with Gasteiger partial charge in [-0.2, -0.15) is 0 Å². The number of ether oxygens (including phenoxy) is 1. The Morgan fingerprint density at radius 3 is 2.45 bits per heavy atom. The number of rotatable bonds is 2. The predicted molar refractivity (Wildman–Crippen MR) is 41.3 cm³/mol. The zero-order valence-corrected chi connectivity index (χ0v) is 6.88. The number of carbonyl (C=O) groups excluding carboxylic acids is 1. The second kappa shape index (κ2) is 2.31. The van der Waals surface area contributed by atoms with Crippen LogP contribution in [0, 0.1) is 11.3 Å². The van der Waals surface area contributed by atoms with E-state index in [9.17, 15) is 4.79 Å². The van der Waals surface area contributed by atoms with E-state index in [4.69, 9.17) is 4.74 Å². The highest BCUT2D eigenvalue weighted by Gasteiger charge is 2.52. The molecule has 0 N–H and O–H groups in total. The molecule has 1 spiro atoms. The lowest BCUT2D eigenvalue weighted by atomic mass is 9.51. The van der Waals surface area contributed by atoms with Crippen LogP contribution < -0.4 is 0 Å². The van der Waals surface area contributed by atoms with Gasteiger partial charge in [0.05, 0.1) is 6.10 Å². The molecule has 0 aliphatic heterocycles. The first-order chi connectivity index (χ1) is 5.28. The zero-order valence-electron chi connectivity index (χ0n) is 6.88. The molecule has 0 bridgehead atoms. The Morgan fingerprint density at radius 2 is 2.00 bits per heavy atom. The summed E-state index contributed by atoms with van der Waals surface area (Å²) in [5.41, 5.74) is 0.534. The monoisotopic (exact) mass is 154 g/mol. The summed E-state index contributed by atoms with van der Waals surface area (Å²) in [5, 5.41) is 0. The molecule has 0 amide bonds. The van der Waals surface area contributed by atoms with E-state index in [-0.39, 0.29) is 0 Å². The molecule has 2 aliphatic carbocycles. The van der Waals surface area contributed by atoms with E-state index in [2.05, 4.69) is 0 Å². The number of methoxy groups -OCH3 is 1. The standard InChI is InChI=1S/C9H14O2/c1-11-8-4-9(5-8)2-7(3-9)6-10/h6-8H,2-5H2,1H3. The molecule has 2 rings (SSSR count). The molecule has 0 atom stereocenters. The fraction of sp³-hybridized carbons (Fsp3) is 0.889. The Balaban J connectivity index is 1.79. The molecule has 0 heterocycles. The lowest BCUT2D eigenvalue weighted by molar-refractivity contribution is -0.141. The summed E-state index contributed by atoms with van der Waals surface area (Å²) >= 11 is 0. The maximum absolute atomic E-state index is 10.3. The molecule has 2 fully saturated rings. The molecule has 2 aliphatic rings. The predicted octanol–water partition coefficient (Wildman–Crippen LogP) is 1.39. The van der Waals surface area contributed by atoms with Crippen molar-refractivity contribution in [2.75, 3.05) is 7.11 Å². The van der Waals surface area contributed by atoms with Gasteiger partial charge in [0.2, 0.25) is 0 Å². The third kappa shape index (κ3) is 1.00. The zero-order chi connectivity index (χ0) is 7.90. The Hall–Kier alpha value is -0.370. The van der Waals surface area contributed by atoms with Gasteiger partial charge in [-0.3, -0.25) is 0 Å². The third-order valence-electron chi connectivity index (χ3n) is 3.24. The highest BCUT2D eigenvalue weighted by atomic mass is 16.5. The summed E-state index contributed by atoms with van der Waals surface area (Å²) < 4.78 is 5.20. The Labute approximate surface area is 66.9 Å². The number of hydrogen-bond donors (Lipinski definition) is 0. The fourth-order valence-corrected chi connectivity index (χ4v) is 2.55. The maximum Gasteiger partial charge on any atom is 0.123 e. The molecule has 0 aromatic rings. The van der Waals surface area contributed by atoms with Gasteiger partial charge in [0.25, 0.3) is 0 Å². The minimum atomic E-state index is 0.368. The van der Waals surface area contributed by atoms with E-state index in [0.717, 1.165) is 19.1 Å². The minimum Gasteiger partial charge on any atom is -0.381 e. The van der Waals surface area contributed by atoms with Crippen LogP contribution in [0.15, 0.2) is 0 Å². The fourth-order valence-electron chi connectivity index (χ4n) is 2.55. The van der Waals surface area contributed by atoms with Crippen LogP contribution in [0.2, 0.25) is 0 Å². The smallest absolute Gasteiger partial charge is 0.123 e. The average molecular weight is 154 g/mol. The summed E-state index contributed by atoms with van der Waals surface area (Å²) in [6.07, 6.45) is 6.21.